The summed E-state index contributed by atoms with van der Waals surface area (Å²) in [5.74, 6) is -1.07. The summed E-state index contributed by atoms with van der Waals surface area (Å²) in [7, 11) is 1.54. The van der Waals surface area contributed by atoms with Crippen molar-refractivity contribution in [1.82, 2.24) is 14.7 Å². The fraction of sp³-hybridized carbons (Fsp3) is 0.421. The van der Waals surface area contributed by atoms with Crippen molar-refractivity contribution in [3.63, 3.8) is 0 Å². The third-order valence-corrected chi connectivity index (χ3v) is 4.30. The highest BCUT2D eigenvalue weighted by Crippen LogP contribution is 2.21. The molecule has 10 heteroatoms. The fourth-order valence-corrected chi connectivity index (χ4v) is 2.80. The number of hydrogen-bond acceptors (Lipinski definition) is 7. The third kappa shape index (κ3) is 6.11. The average molecular weight is 404 g/mol. The molecule has 156 valence electrons. The minimum absolute atomic E-state index is 0.137. The number of nitro groups is 1. The van der Waals surface area contributed by atoms with Gasteiger partial charge < -0.3 is 14.4 Å². The molecule has 2 aromatic rings. The summed E-state index contributed by atoms with van der Waals surface area (Å²) in [5.41, 5.74) is 1.27. The highest BCUT2D eigenvalue weighted by molar-refractivity contribution is 5.80. The Kier molecular flexibility index (Phi) is 7.84. The van der Waals surface area contributed by atoms with Crippen LogP contribution in [-0.2, 0) is 32.2 Å². The second-order valence-corrected chi connectivity index (χ2v) is 6.39. The molecule has 0 N–H and O–H groups in total. The van der Waals surface area contributed by atoms with Crippen molar-refractivity contribution in [2.75, 3.05) is 26.9 Å². The standard InChI is InChI=1S/C19H24N4O6/c1-14-19(23(26)27)15(2)22(20-14)12-18(25)29-13-17(24)21(9-10-28-3)11-16-7-5-4-6-8-16/h4-8H,9-13H2,1-3H3. The highest BCUT2D eigenvalue weighted by Gasteiger charge is 2.23. The maximum absolute atomic E-state index is 12.5. The van der Waals surface area contributed by atoms with Gasteiger partial charge in [-0.05, 0) is 19.4 Å². The van der Waals surface area contributed by atoms with Crippen molar-refractivity contribution in [3.05, 3.63) is 57.4 Å². The van der Waals surface area contributed by atoms with Gasteiger partial charge in [0.2, 0.25) is 0 Å². The molecule has 1 aromatic heterocycles. The summed E-state index contributed by atoms with van der Waals surface area (Å²) < 4.78 is 11.3. The van der Waals surface area contributed by atoms with Crippen LogP contribution in [0.4, 0.5) is 5.69 Å². The SMILES string of the molecule is COCCN(Cc1ccccc1)C(=O)COC(=O)Cn1nc(C)c([N+](=O)[O-])c1C. The number of ether oxygens (including phenoxy) is 2. The molecule has 0 aliphatic heterocycles. The Hall–Kier alpha value is -3.27. The number of aryl methyl sites for hydroxylation is 1. The van der Waals surface area contributed by atoms with E-state index in [1.54, 1.807) is 12.0 Å². The van der Waals surface area contributed by atoms with Crippen LogP contribution in [0.1, 0.15) is 17.0 Å². The van der Waals surface area contributed by atoms with Crippen molar-refractivity contribution in [2.45, 2.75) is 26.9 Å². The Morgan fingerprint density at radius 2 is 1.93 bits per heavy atom. The van der Waals surface area contributed by atoms with Gasteiger partial charge in [-0.15, -0.1) is 0 Å². The van der Waals surface area contributed by atoms with E-state index in [1.807, 2.05) is 30.3 Å². The van der Waals surface area contributed by atoms with Crippen LogP contribution in [0.5, 0.6) is 0 Å². The number of hydrogen-bond donors (Lipinski definition) is 0. The second kappa shape index (κ2) is 10.3. The topological polar surface area (TPSA) is 117 Å². The number of nitrogens with zero attached hydrogens (tertiary/aromatic N) is 4. The lowest BCUT2D eigenvalue weighted by Crippen LogP contribution is -2.37. The van der Waals surface area contributed by atoms with Gasteiger partial charge in [-0.2, -0.15) is 5.10 Å². The van der Waals surface area contributed by atoms with E-state index < -0.39 is 17.5 Å². The van der Waals surface area contributed by atoms with Crippen molar-refractivity contribution in [2.24, 2.45) is 0 Å². The molecule has 1 aromatic carbocycles. The summed E-state index contributed by atoms with van der Waals surface area (Å²) >= 11 is 0. The van der Waals surface area contributed by atoms with E-state index in [0.717, 1.165) is 5.56 Å². The van der Waals surface area contributed by atoms with E-state index in [0.29, 0.717) is 19.7 Å². The first-order valence-corrected chi connectivity index (χ1v) is 8.98. The minimum Gasteiger partial charge on any atom is -0.454 e. The molecule has 0 bridgehead atoms. The van der Waals surface area contributed by atoms with Crippen LogP contribution in [0.15, 0.2) is 30.3 Å². The van der Waals surface area contributed by atoms with Crippen LogP contribution in [0.25, 0.3) is 0 Å². The van der Waals surface area contributed by atoms with Gasteiger partial charge >= 0.3 is 11.7 Å². The lowest BCUT2D eigenvalue weighted by molar-refractivity contribution is -0.386. The molecule has 0 atom stereocenters. The molecule has 0 fully saturated rings. The maximum atomic E-state index is 12.5. The molecule has 0 aliphatic carbocycles. The Balaban J connectivity index is 1.95. The molecule has 10 nitrogen and oxygen atoms in total. The normalized spacial score (nSPS) is 10.6. The van der Waals surface area contributed by atoms with Crippen LogP contribution in [0.3, 0.4) is 0 Å². The zero-order valence-electron chi connectivity index (χ0n) is 16.7. The largest absolute Gasteiger partial charge is 0.454 e. The van der Waals surface area contributed by atoms with Crippen LogP contribution in [-0.4, -0.2) is 58.3 Å². The average Bonchev–Trinajstić information content (AvgIpc) is 2.97. The summed E-state index contributed by atoms with van der Waals surface area (Å²) in [6, 6.07) is 9.43. The Bertz CT molecular complexity index is 865. The number of carbonyl (C=O) groups excluding carboxylic acids is 2. The number of benzene rings is 1. The van der Waals surface area contributed by atoms with Crippen molar-refractivity contribution in [3.8, 4) is 0 Å². The minimum atomic E-state index is -0.703. The quantitative estimate of drug-likeness (QED) is 0.335. The van der Waals surface area contributed by atoms with Crippen molar-refractivity contribution < 1.29 is 24.0 Å². The zero-order valence-corrected chi connectivity index (χ0v) is 16.7. The molecule has 0 aliphatic rings. The number of esters is 1. The molecular formula is C19H24N4O6. The van der Waals surface area contributed by atoms with Gasteiger partial charge in [0.25, 0.3) is 5.91 Å². The predicted molar refractivity (Wildman–Crippen MR) is 103 cm³/mol. The van der Waals surface area contributed by atoms with Crippen LogP contribution >= 0.6 is 0 Å². The molecule has 0 radical (unpaired) electrons. The molecule has 0 saturated carbocycles. The molecule has 0 spiro atoms. The molecule has 0 unspecified atom stereocenters. The second-order valence-electron chi connectivity index (χ2n) is 6.39. The zero-order chi connectivity index (χ0) is 21.4. The Labute approximate surface area is 168 Å². The maximum Gasteiger partial charge on any atom is 0.328 e. The van der Waals surface area contributed by atoms with Gasteiger partial charge in [0, 0.05) is 20.2 Å². The summed E-state index contributed by atoms with van der Waals surface area (Å²) in [4.78, 5) is 36.7. The molecule has 2 rings (SSSR count). The van der Waals surface area contributed by atoms with Gasteiger partial charge in [-0.1, -0.05) is 30.3 Å². The predicted octanol–water partition coefficient (Wildman–Crippen LogP) is 1.63. The van der Waals surface area contributed by atoms with E-state index in [1.165, 1.54) is 18.5 Å². The molecule has 1 heterocycles. The summed E-state index contributed by atoms with van der Waals surface area (Å²) in [6.07, 6.45) is 0. The molecule has 29 heavy (non-hydrogen) atoms. The third-order valence-electron chi connectivity index (χ3n) is 4.30. The van der Waals surface area contributed by atoms with Crippen LogP contribution < -0.4 is 0 Å². The highest BCUT2D eigenvalue weighted by atomic mass is 16.6. The van der Waals surface area contributed by atoms with E-state index in [4.69, 9.17) is 9.47 Å². The van der Waals surface area contributed by atoms with Crippen molar-refractivity contribution >= 4 is 17.6 Å². The Morgan fingerprint density at radius 1 is 1.24 bits per heavy atom. The van der Waals surface area contributed by atoms with Gasteiger partial charge in [0.1, 0.15) is 17.9 Å². The van der Waals surface area contributed by atoms with E-state index in [-0.39, 0.29) is 29.5 Å². The monoisotopic (exact) mass is 404 g/mol. The number of carbonyl (C=O) groups is 2. The molecule has 1 amide bonds. The smallest absolute Gasteiger partial charge is 0.328 e. The number of rotatable bonds is 10. The number of aromatic nitrogens is 2. The Morgan fingerprint density at radius 3 is 2.52 bits per heavy atom. The first-order chi connectivity index (χ1) is 13.8. The lowest BCUT2D eigenvalue weighted by atomic mass is 10.2. The van der Waals surface area contributed by atoms with Gasteiger partial charge in [-0.25, -0.2) is 0 Å². The summed E-state index contributed by atoms with van der Waals surface area (Å²) in [6.45, 7) is 3.32. The first-order valence-electron chi connectivity index (χ1n) is 8.98. The summed E-state index contributed by atoms with van der Waals surface area (Å²) in [5, 5.41) is 15.0. The number of methoxy groups -OCH3 is 1. The van der Waals surface area contributed by atoms with Crippen molar-refractivity contribution in [1.29, 1.82) is 0 Å². The van der Waals surface area contributed by atoms with Gasteiger partial charge in [0.05, 0.1) is 11.5 Å². The number of amides is 1. The molecule has 0 saturated heterocycles. The van der Waals surface area contributed by atoms with E-state index >= 15 is 0 Å². The van der Waals surface area contributed by atoms with Crippen LogP contribution in [0.2, 0.25) is 0 Å². The first kappa shape index (κ1) is 22.0. The molecular weight excluding hydrogens is 380 g/mol. The van der Waals surface area contributed by atoms with E-state index in [9.17, 15) is 19.7 Å². The van der Waals surface area contributed by atoms with E-state index in [2.05, 4.69) is 5.10 Å². The van der Waals surface area contributed by atoms with Crippen LogP contribution in [0, 0.1) is 24.0 Å². The fourth-order valence-electron chi connectivity index (χ4n) is 2.80. The van der Waals surface area contributed by atoms with Gasteiger partial charge in [-0.3, -0.25) is 24.4 Å². The van der Waals surface area contributed by atoms with Gasteiger partial charge in [0.15, 0.2) is 6.61 Å². The lowest BCUT2D eigenvalue weighted by Gasteiger charge is -2.22.